The SMILES string of the molecule is COc1ccc(/C(=C2\CC(=O)OC2=O)c2ccccc2)cc1. The average Bonchev–Trinajstić information content (AvgIpc) is 2.88. The minimum atomic E-state index is -0.570. The molecule has 1 fully saturated rings. The number of hydrogen-bond acceptors (Lipinski definition) is 4. The highest BCUT2D eigenvalue weighted by molar-refractivity contribution is 6.12. The molecule has 4 nitrogen and oxygen atoms in total. The second-order valence-corrected chi connectivity index (χ2v) is 4.89. The van der Waals surface area contributed by atoms with Crippen molar-refractivity contribution in [1.29, 1.82) is 0 Å². The summed E-state index contributed by atoms with van der Waals surface area (Å²) in [4.78, 5) is 23.4. The summed E-state index contributed by atoms with van der Waals surface area (Å²) in [5, 5.41) is 0. The maximum absolute atomic E-state index is 12.0. The topological polar surface area (TPSA) is 52.6 Å². The van der Waals surface area contributed by atoms with E-state index in [1.807, 2.05) is 54.6 Å². The number of hydrogen-bond donors (Lipinski definition) is 0. The normalized spacial score (nSPS) is 16.4. The third-order valence-corrected chi connectivity index (χ3v) is 3.52. The molecule has 4 heteroatoms. The van der Waals surface area contributed by atoms with E-state index in [2.05, 4.69) is 4.74 Å². The fourth-order valence-electron chi connectivity index (χ4n) is 2.49. The molecule has 0 bridgehead atoms. The number of esters is 2. The zero-order valence-electron chi connectivity index (χ0n) is 12.0. The van der Waals surface area contributed by atoms with E-state index in [4.69, 9.17) is 4.74 Å². The van der Waals surface area contributed by atoms with Gasteiger partial charge in [0.25, 0.3) is 0 Å². The van der Waals surface area contributed by atoms with Crippen LogP contribution in [0.4, 0.5) is 0 Å². The summed E-state index contributed by atoms with van der Waals surface area (Å²) in [6.45, 7) is 0. The molecule has 0 aliphatic carbocycles. The highest BCUT2D eigenvalue weighted by Gasteiger charge is 2.31. The molecule has 0 saturated carbocycles. The number of carbonyl (C=O) groups is 2. The van der Waals surface area contributed by atoms with Crippen LogP contribution in [0.3, 0.4) is 0 Å². The molecule has 110 valence electrons. The summed E-state index contributed by atoms with van der Waals surface area (Å²) < 4.78 is 9.84. The van der Waals surface area contributed by atoms with Crippen LogP contribution in [0.25, 0.3) is 5.57 Å². The van der Waals surface area contributed by atoms with Crippen molar-refractivity contribution in [3.63, 3.8) is 0 Å². The Kier molecular flexibility index (Phi) is 3.74. The first kappa shape index (κ1) is 14.1. The molecule has 0 spiro atoms. The number of cyclic esters (lactones) is 2. The van der Waals surface area contributed by atoms with Gasteiger partial charge >= 0.3 is 11.9 Å². The summed E-state index contributed by atoms with van der Waals surface area (Å²) >= 11 is 0. The van der Waals surface area contributed by atoms with E-state index in [0.717, 1.165) is 22.4 Å². The van der Waals surface area contributed by atoms with Gasteiger partial charge in [0.05, 0.1) is 19.1 Å². The molecule has 0 radical (unpaired) electrons. The quantitative estimate of drug-likeness (QED) is 0.496. The molecular weight excluding hydrogens is 280 g/mol. The van der Waals surface area contributed by atoms with Crippen molar-refractivity contribution in [1.82, 2.24) is 0 Å². The van der Waals surface area contributed by atoms with Gasteiger partial charge < -0.3 is 9.47 Å². The maximum atomic E-state index is 12.0. The summed E-state index contributed by atoms with van der Waals surface area (Å²) in [7, 11) is 1.60. The standard InChI is InChI=1S/C18H14O4/c1-21-14-9-7-13(8-10-14)17(12-5-3-2-4-6-12)15-11-16(19)22-18(15)20/h2-10H,11H2,1H3/b17-15+. The van der Waals surface area contributed by atoms with E-state index in [1.54, 1.807) is 7.11 Å². The highest BCUT2D eigenvalue weighted by Crippen LogP contribution is 2.32. The van der Waals surface area contributed by atoms with Crippen LogP contribution in [0.1, 0.15) is 17.5 Å². The summed E-state index contributed by atoms with van der Waals surface area (Å²) in [6.07, 6.45) is -0.00487. The van der Waals surface area contributed by atoms with Gasteiger partial charge in [-0.25, -0.2) is 4.79 Å². The van der Waals surface area contributed by atoms with Gasteiger partial charge in [-0.2, -0.15) is 0 Å². The fourth-order valence-corrected chi connectivity index (χ4v) is 2.49. The number of carbonyl (C=O) groups excluding carboxylic acids is 2. The lowest BCUT2D eigenvalue weighted by Crippen LogP contribution is -2.01. The zero-order valence-corrected chi connectivity index (χ0v) is 12.0. The van der Waals surface area contributed by atoms with E-state index in [-0.39, 0.29) is 6.42 Å². The Morgan fingerprint density at radius 2 is 1.59 bits per heavy atom. The predicted octanol–water partition coefficient (Wildman–Crippen LogP) is 2.97. The van der Waals surface area contributed by atoms with Gasteiger partial charge in [0.15, 0.2) is 0 Å². The Morgan fingerprint density at radius 3 is 2.14 bits per heavy atom. The Balaban J connectivity index is 2.17. The van der Waals surface area contributed by atoms with Crippen LogP contribution in [0.15, 0.2) is 60.2 Å². The molecule has 1 heterocycles. The molecule has 0 atom stereocenters. The molecule has 1 saturated heterocycles. The van der Waals surface area contributed by atoms with Gasteiger partial charge in [-0.05, 0) is 28.8 Å². The summed E-state index contributed by atoms with van der Waals surface area (Å²) in [6, 6.07) is 16.9. The van der Waals surface area contributed by atoms with Gasteiger partial charge in [0.2, 0.25) is 0 Å². The number of rotatable bonds is 3. The van der Waals surface area contributed by atoms with Crippen molar-refractivity contribution in [2.45, 2.75) is 6.42 Å². The van der Waals surface area contributed by atoms with E-state index >= 15 is 0 Å². The van der Waals surface area contributed by atoms with Gasteiger partial charge in [0, 0.05) is 0 Å². The lowest BCUT2D eigenvalue weighted by atomic mass is 9.92. The third kappa shape index (κ3) is 2.63. The molecule has 0 unspecified atom stereocenters. The van der Waals surface area contributed by atoms with Gasteiger partial charge in [-0.1, -0.05) is 42.5 Å². The minimum absolute atomic E-state index is 0.00487. The minimum Gasteiger partial charge on any atom is -0.497 e. The van der Waals surface area contributed by atoms with Crippen LogP contribution in [0, 0.1) is 0 Å². The molecule has 22 heavy (non-hydrogen) atoms. The van der Waals surface area contributed by atoms with Crippen molar-refractivity contribution >= 4 is 17.5 Å². The molecule has 1 aliphatic heterocycles. The third-order valence-electron chi connectivity index (χ3n) is 3.52. The van der Waals surface area contributed by atoms with Crippen LogP contribution in [-0.2, 0) is 14.3 Å². The molecule has 0 N–H and O–H groups in total. The van der Waals surface area contributed by atoms with Crippen molar-refractivity contribution in [2.24, 2.45) is 0 Å². The Morgan fingerprint density at radius 1 is 0.955 bits per heavy atom. The highest BCUT2D eigenvalue weighted by atomic mass is 16.6. The van der Waals surface area contributed by atoms with Gasteiger partial charge in [0.1, 0.15) is 5.75 Å². The molecule has 3 rings (SSSR count). The van der Waals surface area contributed by atoms with Crippen molar-refractivity contribution in [3.05, 3.63) is 71.3 Å². The van der Waals surface area contributed by atoms with E-state index < -0.39 is 11.9 Å². The molecule has 2 aromatic carbocycles. The smallest absolute Gasteiger partial charge is 0.342 e. The lowest BCUT2D eigenvalue weighted by molar-refractivity contribution is -0.151. The van der Waals surface area contributed by atoms with E-state index in [9.17, 15) is 9.59 Å². The Bertz CT molecular complexity index is 742. The van der Waals surface area contributed by atoms with Crippen LogP contribution >= 0.6 is 0 Å². The van der Waals surface area contributed by atoms with Crippen molar-refractivity contribution in [2.75, 3.05) is 7.11 Å². The maximum Gasteiger partial charge on any atom is 0.342 e. The summed E-state index contributed by atoms with van der Waals surface area (Å²) in [5.74, 6) is -0.354. The first-order valence-corrected chi connectivity index (χ1v) is 6.87. The fraction of sp³-hybridized carbons (Fsp3) is 0.111. The largest absolute Gasteiger partial charge is 0.497 e. The first-order chi connectivity index (χ1) is 10.7. The molecule has 2 aromatic rings. The number of ether oxygens (including phenoxy) is 2. The van der Waals surface area contributed by atoms with Crippen LogP contribution in [-0.4, -0.2) is 19.0 Å². The molecule has 0 amide bonds. The Hall–Kier alpha value is -2.88. The number of benzene rings is 2. The van der Waals surface area contributed by atoms with E-state index in [1.165, 1.54) is 0 Å². The molecule has 1 aliphatic rings. The second-order valence-electron chi connectivity index (χ2n) is 4.89. The second kappa shape index (κ2) is 5.85. The summed E-state index contributed by atoms with van der Waals surface area (Å²) in [5.41, 5.74) is 2.82. The number of methoxy groups -OCH3 is 1. The monoisotopic (exact) mass is 294 g/mol. The first-order valence-electron chi connectivity index (χ1n) is 6.87. The predicted molar refractivity (Wildman–Crippen MR) is 81.2 cm³/mol. The average molecular weight is 294 g/mol. The van der Waals surface area contributed by atoms with Crippen molar-refractivity contribution < 1.29 is 19.1 Å². The van der Waals surface area contributed by atoms with Gasteiger partial charge in [-0.15, -0.1) is 0 Å². The Labute approximate surface area is 128 Å². The van der Waals surface area contributed by atoms with Crippen LogP contribution in [0.2, 0.25) is 0 Å². The van der Waals surface area contributed by atoms with Crippen LogP contribution in [0.5, 0.6) is 5.75 Å². The molecule has 0 aromatic heterocycles. The van der Waals surface area contributed by atoms with Crippen LogP contribution < -0.4 is 4.74 Å². The van der Waals surface area contributed by atoms with E-state index in [0.29, 0.717) is 5.57 Å². The van der Waals surface area contributed by atoms with Crippen molar-refractivity contribution in [3.8, 4) is 5.75 Å². The molecular formula is C18H14O4. The zero-order chi connectivity index (χ0) is 15.5. The lowest BCUT2D eigenvalue weighted by Gasteiger charge is -2.11. The van der Waals surface area contributed by atoms with Gasteiger partial charge in [-0.3, -0.25) is 4.79 Å².